The van der Waals surface area contributed by atoms with Gasteiger partial charge >= 0.3 is 0 Å². The van der Waals surface area contributed by atoms with Crippen molar-refractivity contribution in [2.24, 2.45) is 5.92 Å². The van der Waals surface area contributed by atoms with E-state index in [0.717, 1.165) is 6.54 Å². The number of aryl methyl sites for hydroxylation is 1. The number of para-hydroxylation sites is 1. The molecule has 0 aliphatic rings. The quantitative estimate of drug-likeness (QED) is 0.677. The van der Waals surface area contributed by atoms with Crippen molar-refractivity contribution in [3.63, 3.8) is 0 Å². The van der Waals surface area contributed by atoms with E-state index in [1.807, 2.05) is 0 Å². The molecule has 1 heteroatoms. The van der Waals surface area contributed by atoms with Gasteiger partial charge in [-0.1, -0.05) is 32.0 Å². The zero-order chi connectivity index (χ0) is 10.1. The van der Waals surface area contributed by atoms with Gasteiger partial charge in [0, 0.05) is 12.7 Å². The van der Waals surface area contributed by atoms with Crippen LogP contribution in [0.1, 0.15) is 19.4 Å². The van der Waals surface area contributed by atoms with Crippen molar-refractivity contribution in [2.45, 2.75) is 27.3 Å². The zero-order valence-corrected chi connectivity index (χ0v) is 9.12. The minimum atomic E-state index is 0.699. The number of hydrogen-bond acceptors (Lipinski definition) is 0. The third kappa shape index (κ3) is 1.54. The van der Waals surface area contributed by atoms with Gasteiger partial charge in [-0.15, -0.1) is 0 Å². The van der Waals surface area contributed by atoms with Gasteiger partial charge in [-0.3, -0.25) is 0 Å². The highest BCUT2D eigenvalue weighted by molar-refractivity contribution is 5.83. The summed E-state index contributed by atoms with van der Waals surface area (Å²) in [5.74, 6) is 0.699. The first-order chi connectivity index (χ1) is 6.68. The normalized spacial score (nSPS) is 11.4. The summed E-state index contributed by atoms with van der Waals surface area (Å²) >= 11 is 0. The first-order valence-corrected chi connectivity index (χ1v) is 5.23. The number of nitrogens with zero attached hydrogens (tertiary/aromatic N) is 1. The summed E-state index contributed by atoms with van der Waals surface area (Å²) in [5.41, 5.74) is 2.76. The molecule has 1 heterocycles. The molecular weight excluding hydrogens is 170 g/mol. The van der Waals surface area contributed by atoms with Crippen LogP contribution in [-0.2, 0) is 6.54 Å². The molecule has 0 bridgehead atoms. The summed E-state index contributed by atoms with van der Waals surface area (Å²) in [6, 6.07) is 8.68. The predicted octanol–water partition coefficient (Wildman–Crippen LogP) is 3.61. The standard InChI is InChI=1S/C13H17N/c1-10(2)9-14-8-7-12-6-4-5-11(3)13(12)14/h4-8,10H,9H2,1-3H3. The Bertz CT molecular complexity index is 437. The molecule has 0 N–H and O–H groups in total. The Morgan fingerprint density at radius 1 is 1.21 bits per heavy atom. The van der Waals surface area contributed by atoms with E-state index >= 15 is 0 Å². The maximum absolute atomic E-state index is 2.36. The lowest BCUT2D eigenvalue weighted by Crippen LogP contribution is -2.03. The van der Waals surface area contributed by atoms with Crippen LogP contribution in [0, 0.1) is 12.8 Å². The highest BCUT2D eigenvalue weighted by Crippen LogP contribution is 2.20. The molecule has 0 atom stereocenters. The number of aromatic nitrogens is 1. The maximum atomic E-state index is 2.36. The van der Waals surface area contributed by atoms with Crippen LogP contribution in [0.4, 0.5) is 0 Å². The Hall–Kier alpha value is -1.24. The lowest BCUT2D eigenvalue weighted by atomic mass is 10.1. The van der Waals surface area contributed by atoms with Crippen molar-refractivity contribution in [1.29, 1.82) is 0 Å². The molecule has 0 spiro atoms. The van der Waals surface area contributed by atoms with E-state index in [1.54, 1.807) is 0 Å². The monoisotopic (exact) mass is 187 g/mol. The van der Waals surface area contributed by atoms with E-state index in [2.05, 4.69) is 55.8 Å². The lowest BCUT2D eigenvalue weighted by Gasteiger charge is -2.09. The second-order valence-corrected chi connectivity index (χ2v) is 4.37. The minimum absolute atomic E-state index is 0.699. The van der Waals surface area contributed by atoms with Crippen molar-refractivity contribution in [1.82, 2.24) is 4.57 Å². The molecule has 1 nitrogen and oxygen atoms in total. The van der Waals surface area contributed by atoms with Crippen molar-refractivity contribution in [2.75, 3.05) is 0 Å². The molecule has 1 aromatic heterocycles. The van der Waals surface area contributed by atoms with Gasteiger partial charge in [0.1, 0.15) is 0 Å². The van der Waals surface area contributed by atoms with Crippen LogP contribution in [0.25, 0.3) is 10.9 Å². The predicted molar refractivity (Wildman–Crippen MR) is 61.5 cm³/mol. The molecule has 74 valence electrons. The van der Waals surface area contributed by atoms with Crippen LogP contribution in [0.5, 0.6) is 0 Å². The summed E-state index contributed by atoms with van der Waals surface area (Å²) < 4.78 is 2.36. The van der Waals surface area contributed by atoms with Crippen molar-refractivity contribution in [3.05, 3.63) is 36.0 Å². The number of rotatable bonds is 2. The minimum Gasteiger partial charge on any atom is -0.347 e. The topological polar surface area (TPSA) is 4.93 Å². The molecule has 0 amide bonds. The van der Waals surface area contributed by atoms with E-state index < -0.39 is 0 Å². The summed E-state index contributed by atoms with van der Waals surface area (Å²) in [7, 11) is 0. The van der Waals surface area contributed by atoms with Gasteiger partial charge in [0.25, 0.3) is 0 Å². The highest BCUT2D eigenvalue weighted by Gasteiger charge is 2.04. The van der Waals surface area contributed by atoms with Gasteiger partial charge in [0.15, 0.2) is 0 Å². The van der Waals surface area contributed by atoms with Gasteiger partial charge in [0.05, 0.1) is 5.52 Å². The van der Waals surface area contributed by atoms with E-state index in [1.165, 1.54) is 16.5 Å². The van der Waals surface area contributed by atoms with Crippen molar-refractivity contribution in [3.8, 4) is 0 Å². The molecule has 0 saturated heterocycles. The van der Waals surface area contributed by atoms with Crippen LogP contribution in [0.3, 0.4) is 0 Å². The Morgan fingerprint density at radius 3 is 2.71 bits per heavy atom. The Kier molecular flexibility index (Phi) is 2.32. The maximum Gasteiger partial charge on any atom is 0.0510 e. The van der Waals surface area contributed by atoms with Crippen LogP contribution in [0.15, 0.2) is 30.5 Å². The fourth-order valence-corrected chi connectivity index (χ4v) is 2.00. The fourth-order valence-electron chi connectivity index (χ4n) is 2.00. The Labute approximate surface area is 85.4 Å². The number of fused-ring (bicyclic) bond motifs is 1. The first-order valence-electron chi connectivity index (χ1n) is 5.23. The average molecular weight is 187 g/mol. The molecule has 0 fully saturated rings. The SMILES string of the molecule is Cc1cccc2ccn(CC(C)C)c12. The largest absolute Gasteiger partial charge is 0.347 e. The first kappa shape index (κ1) is 9.32. The smallest absolute Gasteiger partial charge is 0.0510 e. The van der Waals surface area contributed by atoms with E-state index in [4.69, 9.17) is 0 Å². The van der Waals surface area contributed by atoms with Gasteiger partial charge in [-0.05, 0) is 29.9 Å². The molecule has 0 radical (unpaired) electrons. The third-order valence-corrected chi connectivity index (χ3v) is 2.55. The molecular formula is C13H17N. The zero-order valence-electron chi connectivity index (χ0n) is 9.12. The van der Waals surface area contributed by atoms with E-state index in [-0.39, 0.29) is 0 Å². The van der Waals surface area contributed by atoms with Gasteiger partial charge in [-0.2, -0.15) is 0 Å². The molecule has 1 aromatic carbocycles. The molecule has 0 aliphatic carbocycles. The summed E-state index contributed by atoms with van der Waals surface area (Å²) in [6.45, 7) is 7.79. The van der Waals surface area contributed by atoms with Crippen LogP contribution >= 0.6 is 0 Å². The van der Waals surface area contributed by atoms with Crippen LogP contribution in [-0.4, -0.2) is 4.57 Å². The Morgan fingerprint density at radius 2 is 2.00 bits per heavy atom. The molecule has 2 aromatic rings. The van der Waals surface area contributed by atoms with Gasteiger partial charge < -0.3 is 4.57 Å². The molecule has 0 aliphatic heterocycles. The average Bonchev–Trinajstić information content (AvgIpc) is 2.49. The highest BCUT2D eigenvalue weighted by atomic mass is 15.0. The fraction of sp³-hybridized carbons (Fsp3) is 0.385. The van der Waals surface area contributed by atoms with Gasteiger partial charge in [-0.25, -0.2) is 0 Å². The summed E-state index contributed by atoms with van der Waals surface area (Å²) in [6.07, 6.45) is 2.19. The molecule has 0 unspecified atom stereocenters. The second kappa shape index (κ2) is 3.49. The van der Waals surface area contributed by atoms with Crippen LogP contribution < -0.4 is 0 Å². The van der Waals surface area contributed by atoms with Crippen molar-refractivity contribution >= 4 is 10.9 Å². The van der Waals surface area contributed by atoms with E-state index in [9.17, 15) is 0 Å². The third-order valence-electron chi connectivity index (χ3n) is 2.55. The summed E-state index contributed by atoms with van der Waals surface area (Å²) in [5, 5.41) is 1.35. The number of hydrogen-bond donors (Lipinski definition) is 0. The molecule has 0 saturated carbocycles. The second-order valence-electron chi connectivity index (χ2n) is 4.37. The molecule has 14 heavy (non-hydrogen) atoms. The lowest BCUT2D eigenvalue weighted by molar-refractivity contribution is 0.535. The summed E-state index contributed by atoms with van der Waals surface area (Å²) in [4.78, 5) is 0. The van der Waals surface area contributed by atoms with Crippen LogP contribution in [0.2, 0.25) is 0 Å². The van der Waals surface area contributed by atoms with Gasteiger partial charge in [0.2, 0.25) is 0 Å². The Balaban J connectivity index is 2.55. The van der Waals surface area contributed by atoms with Crippen molar-refractivity contribution < 1.29 is 0 Å². The molecule has 2 rings (SSSR count). The van der Waals surface area contributed by atoms with E-state index in [0.29, 0.717) is 5.92 Å². The number of benzene rings is 1.